The quantitative estimate of drug-likeness (QED) is 0.785. The van der Waals surface area contributed by atoms with Crippen molar-refractivity contribution in [2.24, 2.45) is 0 Å². The van der Waals surface area contributed by atoms with Crippen molar-refractivity contribution in [1.82, 2.24) is 10.3 Å². The molecule has 0 atom stereocenters. The Balaban J connectivity index is 1.81. The summed E-state index contributed by atoms with van der Waals surface area (Å²) < 4.78 is 13.3. The first kappa shape index (κ1) is 15.0. The van der Waals surface area contributed by atoms with Gasteiger partial charge < -0.3 is 5.32 Å². The maximum atomic E-state index is 13.3. The van der Waals surface area contributed by atoms with Gasteiger partial charge in [0.15, 0.2) is 0 Å². The van der Waals surface area contributed by atoms with E-state index >= 15 is 0 Å². The molecular formula is C21H19FN2. The summed E-state index contributed by atoms with van der Waals surface area (Å²) in [7, 11) is 0. The van der Waals surface area contributed by atoms with Gasteiger partial charge in [-0.2, -0.15) is 0 Å². The minimum Gasteiger partial charge on any atom is -0.312 e. The lowest BCUT2D eigenvalue weighted by atomic mass is 9.95. The molecule has 1 aliphatic heterocycles. The number of fused-ring (bicyclic) bond motifs is 1. The SMILES string of the molecule is Fc1ccc(-c2nc3c(cc2Cc2ccccc2)CNCC3)cc1. The number of aromatic nitrogens is 1. The molecule has 0 radical (unpaired) electrons. The highest BCUT2D eigenvalue weighted by molar-refractivity contribution is 5.65. The fraction of sp³-hybridized carbons (Fsp3) is 0.190. The Labute approximate surface area is 141 Å². The molecule has 0 spiro atoms. The average Bonchev–Trinajstić information content (AvgIpc) is 2.63. The topological polar surface area (TPSA) is 24.9 Å². The van der Waals surface area contributed by atoms with Crippen molar-refractivity contribution < 1.29 is 4.39 Å². The molecule has 1 aromatic heterocycles. The van der Waals surface area contributed by atoms with Gasteiger partial charge in [-0.15, -0.1) is 0 Å². The van der Waals surface area contributed by atoms with Crippen molar-refractivity contribution in [3.63, 3.8) is 0 Å². The van der Waals surface area contributed by atoms with E-state index in [1.165, 1.54) is 28.8 Å². The second-order valence-corrected chi connectivity index (χ2v) is 6.20. The standard InChI is InChI=1S/C21H19FN2/c22-19-8-6-16(7-9-19)21-17(12-15-4-2-1-3-5-15)13-18-14-23-11-10-20(18)24-21/h1-9,13,23H,10-12,14H2. The van der Waals surface area contributed by atoms with Crippen molar-refractivity contribution in [2.45, 2.75) is 19.4 Å². The summed E-state index contributed by atoms with van der Waals surface area (Å²) in [5, 5.41) is 3.41. The molecule has 4 rings (SSSR count). The van der Waals surface area contributed by atoms with Crippen LogP contribution in [-0.4, -0.2) is 11.5 Å². The zero-order chi connectivity index (χ0) is 16.4. The monoisotopic (exact) mass is 318 g/mol. The van der Waals surface area contributed by atoms with Crippen LogP contribution in [0.4, 0.5) is 4.39 Å². The van der Waals surface area contributed by atoms with Crippen LogP contribution in [0.25, 0.3) is 11.3 Å². The third-order valence-corrected chi connectivity index (χ3v) is 4.48. The number of nitrogens with one attached hydrogen (secondary N) is 1. The summed E-state index contributed by atoms with van der Waals surface area (Å²) in [6.45, 7) is 1.83. The van der Waals surface area contributed by atoms with E-state index < -0.39 is 0 Å². The highest BCUT2D eigenvalue weighted by Crippen LogP contribution is 2.27. The zero-order valence-corrected chi connectivity index (χ0v) is 13.4. The zero-order valence-electron chi connectivity index (χ0n) is 13.4. The molecule has 0 aliphatic carbocycles. The number of benzene rings is 2. The molecule has 0 fully saturated rings. The summed E-state index contributed by atoms with van der Waals surface area (Å²) in [5.74, 6) is -0.217. The first-order valence-corrected chi connectivity index (χ1v) is 8.32. The predicted molar refractivity (Wildman–Crippen MR) is 94.3 cm³/mol. The molecule has 3 heteroatoms. The van der Waals surface area contributed by atoms with E-state index in [1.807, 2.05) is 18.2 Å². The van der Waals surface area contributed by atoms with Gasteiger partial charge in [-0.1, -0.05) is 36.4 Å². The second-order valence-electron chi connectivity index (χ2n) is 6.20. The lowest BCUT2D eigenvalue weighted by molar-refractivity contribution is 0.627. The molecule has 24 heavy (non-hydrogen) atoms. The van der Waals surface area contributed by atoms with E-state index in [4.69, 9.17) is 4.98 Å². The third-order valence-electron chi connectivity index (χ3n) is 4.48. The highest BCUT2D eigenvalue weighted by Gasteiger charge is 2.16. The third kappa shape index (κ3) is 3.08. The van der Waals surface area contributed by atoms with Gasteiger partial charge in [0.05, 0.1) is 5.69 Å². The van der Waals surface area contributed by atoms with Crippen LogP contribution in [0.2, 0.25) is 0 Å². The van der Waals surface area contributed by atoms with E-state index in [9.17, 15) is 4.39 Å². The molecule has 2 heterocycles. The normalized spacial score (nSPS) is 13.5. The van der Waals surface area contributed by atoms with Crippen LogP contribution in [-0.2, 0) is 19.4 Å². The van der Waals surface area contributed by atoms with Crippen molar-refractivity contribution in [1.29, 1.82) is 0 Å². The molecule has 1 N–H and O–H groups in total. The Bertz CT molecular complexity index is 842. The Morgan fingerprint density at radius 2 is 1.79 bits per heavy atom. The van der Waals surface area contributed by atoms with Gasteiger partial charge in [0.1, 0.15) is 5.82 Å². The van der Waals surface area contributed by atoms with E-state index in [0.29, 0.717) is 0 Å². The molecule has 120 valence electrons. The maximum absolute atomic E-state index is 13.3. The summed E-state index contributed by atoms with van der Waals surface area (Å²) >= 11 is 0. The van der Waals surface area contributed by atoms with Crippen molar-refractivity contribution in [2.75, 3.05) is 6.54 Å². The van der Waals surface area contributed by atoms with Gasteiger partial charge in [-0.05, 0) is 47.4 Å². The minimum absolute atomic E-state index is 0.217. The van der Waals surface area contributed by atoms with Crippen LogP contribution < -0.4 is 5.32 Å². The molecule has 0 saturated heterocycles. The van der Waals surface area contributed by atoms with Crippen LogP contribution in [0.3, 0.4) is 0 Å². The summed E-state index contributed by atoms with van der Waals surface area (Å²) in [5.41, 5.74) is 6.83. The molecule has 0 unspecified atom stereocenters. The van der Waals surface area contributed by atoms with Crippen molar-refractivity contribution in [3.8, 4) is 11.3 Å². The lowest BCUT2D eigenvalue weighted by Gasteiger charge is -2.20. The average molecular weight is 318 g/mol. The van der Waals surface area contributed by atoms with Crippen LogP contribution in [0.1, 0.15) is 22.4 Å². The van der Waals surface area contributed by atoms with E-state index in [1.54, 1.807) is 0 Å². The fourth-order valence-corrected chi connectivity index (χ4v) is 3.25. The number of rotatable bonds is 3. The lowest BCUT2D eigenvalue weighted by Crippen LogP contribution is -2.25. The largest absolute Gasteiger partial charge is 0.312 e. The van der Waals surface area contributed by atoms with Crippen LogP contribution >= 0.6 is 0 Å². The number of pyridine rings is 1. The van der Waals surface area contributed by atoms with Gasteiger partial charge in [0, 0.05) is 30.8 Å². The molecule has 2 aromatic carbocycles. The molecule has 0 saturated carbocycles. The molecular weight excluding hydrogens is 299 g/mol. The molecule has 2 nitrogen and oxygen atoms in total. The summed E-state index contributed by atoms with van der Waals surface area (Å²) in [6.07, 6.45) is 1.77. The van der Waals surface area contributed by atoms with Crippen molar-refractivity contribution >= 4 is 0 Å². The first-order valence-electron chi connectivity index (χ1n) is 8.32. The maximum Gasteiger partial charge on any atom is 0.123 e. The summed E-state index contributed by atoms with van der Waals surface area (Å²) in [4.78, 5) is 4.95. The van der Waals surface area contributed by atoms with Gasteiger partial charge in [0.25, 0.3) is 0 Å². The molecule has 1 aliphatic rings. The van der Waals surface area contributed by atoms with E-state index in [0.717, 1.165) is 42.9 Å². The van der Waals surface area contributed by atoms with Crippen LogP contribution in [0, 0.1) is 5.82 Å². The number of nitrogens with zero attached hydrogens (tertiary/aromatic N) is 1. The Morgan fingerprint density at radius 3 is 2.58 bits per heavy atom. The number of hydrogen-bond acceptors (Lipinski definition) is 2. The summed E-state index contributed by atoms with van der Waals surface area (Å²) in [6, 6.07) is 19.3. The van der Waals surface area contributed by atoms with Crippen LogP contribution in [0.15, 0.2) is 60.7 Å². The van der Waals surface area contributed by atoms with E-state index in [2.05, 4.69) is 35.6 Å². The van der Waals surface area contributed by atoms with Gasteiger partial charge in [0.2, 0.25) is 0 Å². The van der Waals surface area contributed by atoms with Gasteiger partial charge >= 0.3 is 0 Å². The minimum atomic E-state index is -0.217. The number of halogens is 1. The molecule has 3 aromatic rings. The van der Waals surface area contributed by atoms with E-state index in [-0.39, 0.29) is 5.82 Å². The fourth-order valence-electron chi connectivity index (χ4n) is 3.25. The Morgan fingerprint density at radius 1 is 1.00 bits per heavy atom. The molecule has 0 bridgehead atoms. The highest BCUT2D eigenvalue weighted by atomic mass is 19.1. The van der Waals surface area contributed by atoms with Crippen LogP contribution in [0.5, 0.6) is 0 Å². The smallest absolute Gasteiger partial charge is 0.123 e. The second kappa shape index (κ2) is 6.54. The van der Waals surface area contributed by atoms with Gasteiger partial charge in [-0.25, -0.2) is 4.39 Å². The number of hydrogen-bond donors (Lipinski definition) is 1. The van der Waals surface area contributed by atoms with Gasteiger partial charge in [-0.3, -0.25) is 4.98 Å². The molecule has 0 amide bonds. The predicted octanol–water partition coefficient (Wildman–Crippen LogP) is 4.12. The Hall–Kier alpha value is -2.52. The first-order chi connectivity index (χ1) is 11.8. The van der Waals surface area contributed by atoms with Crippen molar-refractivity contribution in [3.05, 3.63) is 88.9 Å². The Kier molecular flexibility index (Phi) is 4.09.